The van der Waals surface area contributed by atoms with Crippen LogP contribution in [-0.4, -0.2) is 52.7 Å². The number of amides is 1. The van der Waals surface area contributed by atoms with Crippen LogP contribution in [0.5, 0.6) is 0 Å². The molecular weight excluding hydrogens is 284 g/mol. The number of aliphatic carboxylic acids is 1. The Bertz CT molecular complexity index is 722. The summed E-state index contributed by atoms with van der Waals surface area (Å²) in [6.45, 7) is 3.03. The van der Waals surface area contributed by atoms with Crippen LogP contribution in [0, 0.1) is 6.92 Å². The number of ether oxygens (including phenoxy) is 1. The summed E-state index contributed by atoms with van der Waals surface area (Å²) < 4.78 is 5.42. The molecule has 6 heteroatoms. The molecule has 0 radical (unpaired) electrons. The summed E-state index contributed by atoms with van der Waals surface area (Å²) in [6.07, 6.45) is -0.530. The van der Waals surface area contributed by atoms with Crippen molar-refractivity contribution in [3.05, 3.63) is 35.5 Å². The predicted molar refractivity (Wildman–Crippen MR) is 80.9 cm³/mol. The average Bonchev–Trinajstić information content (AvgIpc) is 2.82. The fourth-order valence-electron chi connectivity index (χ4n) is 2.93. The van der Waals surface area contributed by atoms with Gasteiger partial charge in [-0.3, -0.25) is 9.59 Å². The zero-order valence-corrected chi connectivity index (χ0v) is 12.3. The Kier molecular flexibility index (Phi) is 3.85. The van der Waals surface area contributed by atoms with Crippen LogP contribution in [0.15, 0.2) is 24.3 Å². The maximum atomic E-state index is 12.8. The Hall–Kier alpha value is -2.34. The number of carboxylic acids is 1. The van der Waals surface area contributed by atoms with Crippen molar-refractivity contribution in [3.63, 3.8) is 0 Å². The third-order valence-corrected chi connectivity index (χ3v) is 3.94. The zero-order valence-electron chi connectivity index (χ0n) is 12.3. The minimum Gasteiger partial charge on any atom is -0.481 e. The minimum atomic E-state index is -0.914. The van der Waals surface area contributed by atoms with Crippen molar-refractivity contribution in [2.24, 2.45) is 0 Å². The number of benzene rings is 1. The van der Waals surface area contributed by atoms with Gasteiger partial charge in [0.15, 0.2) is 0 Å². The van der Waals surface area contributed by atoms with E-state index in [1.807, 2.05) is 31.2 Å². The van der Waals surface area contributed by atoms with Gasteiger partial charge < -0.3 is 19.7 Å². The van der Waals surface area contributed by atoms with E-state index in [0.29, 0.717) is 25.3 Å². The molecule has 0 spiro atoms. The van der Waals surface area contributed by atoms with Crippen molar-refractivity contribution in [2.45, 2.75) is 19.4 Å². The minimum absolute atomic E-state index is 0.0753. The second kappa shape index (κ2) is 5.81. The first-order valence-electron chi connectivity index (χ1n) is 7.26. The highest BCUT2D eigenvalue weighted by molar-refractivity contribution is 6.08. The summed E-state index contributed by atoms with van der Waals surface area (Å²) in [5.74, 6) is -0.990. The van der Waals surface area contributed by atoms with E-state index in [4.69, 9.17) is 9.84 Å². The first-order chi connectivity index (χ1) is 10.6. The maximum Gasteiger partial charge on any atom is 0.306 e. The molecule has 1 aliphatic heterocycles. The second-order valence-corrected chi connectivity index (χ2v) is 5.51. The Labute approximate surface area is 127 Å². The summed E-state index contributed by atoms with van der Waals surface area (Å²) >= 11 is 0. The van der Waals surface area contributed by atoms with Crippen LogP contribution in [0.4, 0.5) is 0 Å². The highest BCUT2D eigenvalue weighted by Crippen LogP contribution is 2.24. The Morgan fingerprint density at radius 1 is 1.41 bits per heavy atom. The largest absolute Gasteiger partial charge is 0.481 e. The lowest BCUT2D eigenvalue weighted by atomic mass is 10.1. The number of nitrogens with zero attached hydrogens (tertiary/aromatic N) is 1. The van der Waals surface area contributed by atoms with Gasteiger partial charge in [0.25, 0.3) is 5.91 Å². The molecule has 0 aliphatic carbocycles. The molecule has 1 saturated heterocycles. The smallest absolute Gasteiger partial charge is 0.306 e. The molecule has 22 heavy (non-hydrogen) atoms. The van der Waals surface area contributed by atoms with Gasteiger partial charge in [-0.15, -0.1) is 0 Å². The molecule has 2 aromatic rings. The van der Waals surface area contributed by atoms with Crippen LogP contribution in [0.25, 0.3) is 10.9 Å². The molecular formula is C16H18N2O4. The van der Waals surface area contributed by atoms with E-state index in [9.17, 15) is 9.59 Å². The van der Waals surface area contributed by atoms with Gasteiger partial charge in [-0.05, 0) is 13.0 Å². The van der Waals surface area contributed by atoms with Crippen molar-refractivity contribution in [2.75, 3.05) is 19.7 Å². The molecule has 0 unspecified atom stereocenters. The highest BCUT2D eigenvalue weighted by Gasteiger charge is 2.28. The number of H-pyrrole nitrogens is 1. The molecule has 1 amide bonds. The second-order valence-electron chi connectivity index (χ2n) is 5.51. The van der Waals surface area contributed by atoms with Crippen molar-refractivity contribution < 1.29 is 19.4 Å². The number of aromatic amines is 1. The standard InChI is InChI=1S/C16H18N2O4/c1-10-15(12-4-2-3-5-13(12)17-10)16(21)18-6-7-22-11(9-18)8-14(19)20/h2-5,11,17H,6-9H2,1H3,(H,19,20)/t11-/m1/s1. The van der Waals surface area contributed by atoms with E-state index in [1.54, 1.807) is 4.90 Å². The van der Waals surface area contributed by atoms with Gasteiger partial charge in [0.05, 0.1) is 24.7 Å². The quantitative estimate of drug-likeness (QED) is 0.905. The number of fused-ring (bicyclic) bond motifs is 1. The molecule has 0 saturated carbocycles. The number of nitrogens with one attached hydrogen (secondary N) is 1. The average molecular weight is 302 g/mol. The monoisotopic (exact) mass is 302 g/mol. The molecule has 1 fully saturated rings. The van der Waals surface area contributed by atoms with Gasteiger partial charge in [-0.25, -0.2) is 0 Å². The summed E-state index contributed by atoms with van der Waals surface area (Å²) in [6, 6.07) is 7.68. The molecule has 1 aliphatic rings. The van der Waals surface area contributed by atoms with E-state index in [0.717, 1.165) is 16.6 Å². The molecule has 2 heterocycles. The van der Waals surface area contributed by atoms with Crippen LogP contribution in [0.3, 0.4) is 0 Å². The third kappa shape index (κ3) is 2.69. The zero-order chi connectivity index (χ0) is 15.7. The van der Waals surface area contributed by atoms with Crippen molar-refractivity contribution >= 4 is 22.8 Å². The first kappa shape index (κ1) is 14.6. The molecule has 2 N–H and O–H groups in total. The molecule has 0 bridgehead atoms. The number of carboxylic acid groups (broad SMARTS) is 1. The lowest BCUT2D eigenvalue weighted by molar-refractivity contribution is -0.141. The lowest BCUT2D eigenvalue weighted by Gasteiger charge is -2.32. The predicted octanol–water partition coefficient (Wildman–Crippen LogP) is 1.79. The van der Waals surface area contributed by atoms with Crippen molar-refractivity contribution in [1.82, 2.24) is 9.88 Å². The fourth-order valence-corrected chi connectivity index (χ4v) is 2.93. The molecule has 3 rings (SSSR count). The summed E-state index contributed by atoms with van der Waals surface area (Å²) in [7, 11) is 0. The number of hydrogen-bond acceptors (Lipinski definition) is 3. The van der Waals surface area contributed by atoms with Crippen LogP contribution in [0.2, 0.25) is 0 Å². The van der Waals surface area contributed by atoms with E-state index in [-0.39, 0.29) is 12.3 Å². The highest BCUT2D eigenvalue weighted by atomic mass is 16.5. The van der Waals surface area contributed by atoms with E-state index < -0.39 is 12.1 Å². The Morgan fingerprint density at radius 3 is 2.95 bits per heavy atom. The number of rotatable bonds is 3. The summed E-state index contributed by atoms with van der Waals surface area (Å²) in [5.41, 5.74) is 2.41. The van der Waals surface area contributed by atoms with E-state index >= 15 is 0 Å². The van der Waals surface area contributed by atoms with Gasteiger partial charge in [0.2, 0.25) is 0 Å². The first-order valence-corrected chi connectivity index (χ1v) is 7.26. The van der Waals surface area contributed by atoms with Gasteiger partial charge in [0, 0.05) is 29.7 Å². The molecule has 1 aromatic carbocycles. The van der Waals surface area contributed by atoms with Crippen LogP contribution < -0.4 is 0 Å². The molecule has 116 valence electrons. The number of aryl methyl sites for hydroxylation is 1. The molecule has 6 nitrogen and oxygen atoms in total. The topological polar surface area (TPSA) is 82.6 Å². The Balaban J connectivity index is 1.86. The number of hydrogen-bond donors (Lipinski definition) is 2. The van der Waals surface area contributed by atoms with Gasteiger partial charge in [-0.1, -0.05) is 18.2 Å². The number of carbonyl (C=O) groups is 2. The summed E-state index contributed by atoms with van der Waals surface area (Å²) in [5, 5.41) is 9.77. The van der Waals surface area contributed by atoms with Crippen molar-refractivity contribution in [3.8, 4) is 0 Å². The van der Waals surface area contributed by atoms with Gasteiger partial charge in [-0.2, -0.15) is 0 Å². The van der Waals surface area contributed by atoms with E-state index in [2.05, 4.69) is 4.98 Å². The molecule has 1 atom stereocenters. The van der Waals surface area contributed by atoms with Crippen molar-refractivity contribution in [1.29, 1.82) is 0 Å². The Morgan fingerprint density at radius 2 is 2.18 bits per heavy atom. The van der Waals surface area contributed by atoms with Crippen LogP contribution in [-0.2, 0) is 9.53 Å². The lowest BCUT2D eigenvalue weighted by Crippen LogP contribution is -2.46. The normalized spacial score (nSPS) is 18.6. The SMILES string of the molecule is Cc1[nH]c2ccccc2c1C(=O)N1CCO[C@H](CC(=O)O)C1. The van der Waals surface area contributed by atoms with Crippen LogP contribution >= 0.6 is 0 Å². The van der Waals surface area contributed by atoms with Crippen LogP contribution in [0.1, 0.15) is 22.5 Å². The van der Waals surface area contributed by atoms with E-state index in [1.165, 1.54) is 0 Å². The number of aromatic nitrogens is 1. The number of para-hydroxylation sites is 1. The fraction of sp³-hybridized carbons (Fsp3) is 0.375. The third-order valence-electron chi connectivity index (χ3n) is 3.94. The summed E-state index contributed by atoms with van der Waals surface area (Å²) in [4.78, 5) is 28.5. The van der Waals surface area contributed by atoms with Gasteiger partial charge in [0.1, 0.15) is 0 Å². The maximum absolute atomic E-state index is 12.8. The molecule has 1 aromatic heterocycles. The number of carbonyl (C=O) groups excluding carboxylic acids is 1. The van der Waals surface area contributed by atoms with Gasteiger partial charge >= 0.3 is 5.97 Å². The number of morpholine rings is 1.